The number of pyridine rings is 1. The number of carboxylic acid groups (broad SMARTS) is 1. The third-order valence-electron chi connectivity index (χ3n) is 5.66. The number of hydrogen-bond donors (Lipinski definition) is 1. The predicted molar refractivity (Wildman–Crippen MR) is 101 cm³/mol. The number of halogens is 3. The van der Waals surface area contributed by atoms with Crippen molar-refractivity contribution in [3.05, 3.63) is 24.4 Å². The summed E-state index contributed by atoms with van der Waals surface area (Å²) >= 11 is 0. The van der Waals surface area contributed by atoms with Gasteiger partial charge < -0.3 is 19.5 Å². The van der Waals surface area contributed by atoms with Gasteiger partial charge in [-0.25, -0.2) is 9.78 Å². The molecule has 1 aromatic heterocycles. The van der Waals surface area contributed by atoms with Crippen LogP contribution in [-0.2, 0) is 14.3 Å². The molecule has 0 bridgehead atoms. The minimum atomic E-state index is -5.08. The summed E-state index contributed by atoms with van der Waals surface area (Å²) < 4.78 is 43.3. The van der Waals surface area contributed by atoms with Crippen LogP contribution in [0.4, 0.5) is 13.2 Å². The molecule has 1 unspecified atom stereocenters. The van der Waals surface area contributed by atoms with Gasteiger partial charge in [0.05, 0.1) is 13.2 Å². The molecule has 10 heteroatoms. The van der Waals surface area contributed by atoms with E-state index in [9.17, 15) is 18.0 Å². The molecule has 2 saturated heterocycles. The Bertz CT molecular complexity index is 691. The van der Waals surface area contributed by atoms with Crippen molar-refractivity contribution in [3.63, 3.8) is 0 Å². The monoisotopic (exact) mass is 432 g/mol. The standard InChI is InChI=1S/C18H26N2O3.C2HF3O2/c1-2-17(21)20-10-6-18(7-11-20)8-12-22-13-15(18)14-23-16-5-3-4-9-19-16;3-2(4,5)1(6)7/h3-5,9,15H,2,6-8,10-14H2,1H3;(H,6,7). The highest BCUT2D eigenvalue weighted by molar-refractivity contribution is 5.75. The Morgan fingerprint density at radius 3 is 2.50 bits per heavy atom. The average molecular weight is 432 g/mol. The lowest BCUT2D eigenvalue weighted by molar-refractivity contribution is -0.192. The van der Waals surface area contributed by atoms with E-state index < -0.39 is 12.1 Å². The van der Waals surface area contributed by atoms with Crippen LogP contribution in [-0.4, -0.2) is 66.0 Å². The van der Waals surface area contributed by atoms with Gasteiger partial charge >= 0.3 is 12.1 Å². The Hall–Kier alpha value is -2.36. The summed E-state index contributed by atoms with van der Waals surface area (Å²) in [5, 5.41) is 7.12. The highest BCUT2D eigenvalue weighted by Gasteiger charge is 2.44. The van der Waals surface area contributed by atoms with Gasteiger partial charge in [0.1, 0.15) is 0 Å². The summed E-state index contributed by atoms with van der Waals surface area (Å²) in [4.78, 5) is 27.0. The molecule has 3 rings (SSSR count). The fourth-order valence-corrected chi connectivity index (χ4v) is 3.81. The smallest absolute Gasteiger partial charge is 0.477 e. The quantitative estimate of drug-likeness (QED) is 0.786. The molecule has 30 heavy (non-hydrogen) atoms. The summed E-state index contributed by atoms with van der Waals surface area (Å²) in [7, 11) is 0. The van der Waals surface area contributed by atoms with E-state index in [-0.39, 0.29) is 11.3 Å². The maximum atomic E-state index is 11.9. The van der Waals surface area contributed by atoms with E-state index in [1.807, 2.05) is 30.0 Å². The van der Waals surface area contributed by atoms with E-state index in [2.05, 4.69) is 4.98 Å². The Morgan fingerprint density at radius 2 is 1.97 bits per heavy atom. The number of amides is 1. The third kappa shape index (κ3) is 6.58. The van der Waals surface area contributed by atoms with Crippen LogP contribution in [0.5, 0.6) is 5.88 Å². The van der Waals surface area contributed by atoms with Gasteiger partial charge in [0.15, 0.2) is 0 Å². The van der Waals surface area contributed by atoms with Gasteiger partial charge in [-0.2, -0.15) is 13.2 Å². The lowest BCUT2D eigenvalue weighted by atomic mass is 9.66. The van der Waals surface area contributed by atoms with Gasteiger partial charge in [-0.1, -0.05) is 13.0 Å². The molecule has 1 spiro atoms. The summed E-state index contributed by atoms with van der Waals surface area (Å²) in [6.07, 6.45) is 0.438. The number of carboxylic acids is 1. The van der Waals surface area contributed by atoms with Gasteiger partial charge in [-0.05, 0) is 30.7 Å². The molecular weight excluding hydrogens is 405 g/mol. The molecule has 0 radical (unpaired) electrons. The van der Waals surface area contributed by atoms with E-state index in [0.717, 1.165) is 45.6 Å². The van der Waals surface area contributed by atoms with E-state index in [4.69, 9.17) is 19.4 Å². The number of aromatic nitrogens is 1. The molecule has 2 aliphatic heterocycles. The second-order valence-corrected chi connectivity index (χ2v) is 7.40. The number of carbonyl (C=O) groups excluding carboxylic acids is 1. The van der Waals surface area contributed by atoms with E-state index in [0.29, 0.717) is 24.8 Å². The second kappa shape index (κ2) is 10.6. The Kier molecular flexibility index (Phi) is 8.45. The molecule has 7 nitrogen and oxygen atoms in total. The number of alkyl halides is 3. The molecule has 1 aromatic rings. The van der Waals surface area contributed by atoms with Crippen molar-refractivity contribution in [3.8, 4) is 5.88 Å². The van der Waals surface area contributed by atoms with Crippen LogP contribution in [0.25, 0.3) is 0 Å². The van der Waals surface area contributed by atoms with Crippen LogP contribution in [0.1, 0.15) is 32.6 Å². The van der Waals surface area contributed by atoms with Crippen LogP contribution in [0.15, 0.2) is 24.4 Å². The van der Waals surface area contributed by atoms with Crippen molar-refractivity contribution < 1.29 is 37.3 Å². The Balaban J connectivity index is 0.000000396. The zero-order chi connectivity index (χ0) is 22.2. The maximum absolute atomic E-state index is 11.9. The predicted octanol–water partition coefficient (Wildman–Crippen LogP) is 3.15. The second-order valence-electron chi connectivity index (χ2n) is 7.40. The first-order valence-electron chi connectivity index (χ1n) is 9.87. The van der Waals surface area contributed by atoms with Crippen molar-refractivity contribution >= 4 is 11.9 Å². The van der Waals surface area contributed by atoms with Gasteiger partial charge in [0.2, 0.25) is 11.8 Å². The van der Waals surface area contributed by atoms with Crippen LogP contribution in [0, 0.1) is 11.3 Å². The number of likely N-dealkylation sites (tertiary alicyclic amines) is 1. The molecule has 0 aliphatic carbocycles. The number of rotatable bonds is 4. The van der Waals surface area contributed by atoms with Crippen molar-refractivity contribution in [1.29, 1.82) is 0 Å². The van der Waals surface area contributed by atoms with Crippen LogP contribution >= 0.6 is 0 Å². The third-order valence-corrected chi connectivity index (χ3v) is 5.66. The molecule has 168 valence electrons. The number of ether oxygens (including phenoxy) is 2. The molecule has 2 fully saturated rings. The first-order chi connectivity index (χ1) is 14.2. The molecule has 1 N–H and O–H groups in total. The highest BCUT2D eigenvalue weighted by atomic mass is 19.4. The molecule has 0 aromatic carbocycles. The molecule has 3 heterocycles. The summed E-state index contributed by atoms with van der Waals surface area (Å²) in [6, 6.07) is 5.71. The fraction of sp³-hybridized carbons (Fsp3) is 0.650. The van der Waals surface area contributed by atoms with Crippen molar-refractivity contribution in [2.24, 2.45) is 11.3 Å². The van der Waals surface area contributed by atoms with Gasteiger partial charge in [-0.3, -0.25) is 4.79 Å². The zero-order valence-electron chi connectivity index (χ0n) is 16.9. The topological polar surface area (TPSA) is 89.0 Å². The van der Waals surface area contributed by atoms with E-state index in [1.54, 1.807) is 6.20 Å². The summed E-state index contributed by atoms with van der Waals surface area (Å²) in [5.41, 5.74) is 0.248. The van der Waals surface area contributed by atoms with Gasteiger partial charge in [0, 0.05) is 44.3 Å². The highest BCUT2D eigenvalue weighted by Crippen LogP contribution is 2.44. The molecular formula is C20H27F3N2O5. The SMILES string of the molecule is CCC(=O)N1CCC2(CCOCC2COc2ccccn2)CC1.O=C(O)C(F)(F)F. The average Bonchev–Trinajstić information content (AvgIpc) is 2.74. The molecule has 0 saturated carbocycles. The normalized spacial score (nSPS) is 20.8. The largest absolute Gasteiger partial charge is 0.490 e. The Labute approximate surface area is 173 Å². The summed E-state index contributed by atoms with van der Waals surface area (Å²) in [5.74, 6) is -1.44. The Morgan fingerprint density at radius 1 is 1.30 bits per heavy atom. The van der Waals surface area contributed by atoms with Crippen LogP contribution in [0.2, 0.25) is 0 Å². The zero-order valence-corrected chi connectivity index (χ0v) is 16.9. The molecule has 1 atom stereocenters. The van der Waals surface area contributed by atoms with Crippen LogP contribution in [0.3, 0.4) is 0 Å². The number of nitrogens with zero attached hydrogens (tertiary/aromatic N) is 2. The molecule has 1 amide bonds. The van der Waals surface area contributed by atoms with Crippen molar-refractivity contribution in [2.45, 2.75) is 38.8 Å². The summed E-state index contributed by atoms with van der Waals surface area (Å²) in [6.45, 7) is 5.87. The van der Waals surface area contributed by atoms with Crippen molar-refractivity contribution in [1.82, 2.24) is 9.88 Å². The minimum Gasteiger partial charge on any atom is -0.477 e. The number of piperidine rings is 1. The van der Waals surface area contributed by atoms with Crippen LogP contribution < -0.4 is 4.74 Å². The lowest BCUT2D eigenvalue weighted by Crippen LogP contribution is -2.50. The van der Waals surface area contributed by atoms with Crippen molar-refractivity contribution in [2.75, 3.05) is 32.9 Å². The number of aliphatic carboxylic acids is 1. The van der Waals surface area contributed by atoms with Gasteiger partial charge in [-0.15, -0.1) is 0 Å². The molecule has 2 aliphatic rings. The van der Waals surface area contributed by atoms with E-state index in [1.165, 1.54) is 0 Å². The maximum Gasteiger partial charge on any atom is 0.490 e. The lowest BCUT2D eigenvalue weighted by Gasteiger charge is -2.48. The minimum absolute atomic E-state index is 0.248. The van der Waals surface area contributed by atoms with E-state index >= 15 is 0 Å². The first kappa shape index (κ1) is 23.9. The number of carbonyl (C=O) groups is 2. The van der Waals surface area contributed by atoms with Gasteiger partial charge in [0.25, 0.3) is 0 Å². The number of hydrogen-bond acceptors (Lipinski definition) is 5. The fourth-order valence-electron chi connectivity index (χ4n) is 3.81. The first-order valence-corrected chi connectivity index (χ1v) is 9.87.